The van der Waals surface area contributed by atoms with E-state index in [1.54, 1.807) is 10.9 Å². The predicted molar refractivity (Wildman–Crippen MR) is 95.5 cm³/mol. The van der Waals surface area contributed by atoms with Crippen LogP contribution in [0.4, 0.5) is 5.69 Å². The number of aromatic nitrogens is 4. The van der Waals surface area contributed by atoms with Gasteiger partial charge in [0.2, 0.25) is 11.1 Å². The number of anilines is 1. The molecule has 0 aliphatic carbocycles. The first-order valence-corrected chi connectivity index (χ1v) is 8.91. The summed E-state index contributed by atoms with van der Waals surface area (Å²) in [4.78, 5) is 12.2. The van der Waals surface area contributed by atoms with Gasteiger partial charge in [-0.2, -0.15) is 0 Å². The predicted octanol–water partition coefficient (Wildman–Crippen LogP) is 3.17. The SMILES string of the molecule is CC(C)c1cccc(NC(=O)CSc2nnnn2Cc2ccco2)c1. The number of amides is 1. The Hall–Kier alpha value is -2.61. The molecule has 0 aliphatic heterocycles. The van der Waals surface area contributed by atoms with Crippen molar-refractivity contribution in [3.05, 3.63) is 54.0 Å². The molecule has 8 heteroatoms. The summed E-state index contributed by atoms with van der Waals surface area (Å²) < 4.78 is 6.90. The van der Waals surface area contributed by atoms with Crippen molar-refractivity contribution in [3.63, 3.8) is 0 Å². The molecule has 3 aromatic rings. The number of furan rings is 1. The van der Waals surface area contributed by atoms with Crippen molar-refractivity contribution in [2.24, 2.45) is 0 Å². The molecule has 3 rings (SSSR count). The third-order valence-corrected chi connectivity index (χ3v) is 4.51. The Bertz CT molecular complexity index is 829. The number of tetrazole rings is 1. The lowest BCUT2D eigenvalue weighted by molar-refractivity contribution is -0.113. The molecule has 130 valence electrons. The van der Waals surface area contributed by atoms with Gasteiger partial charge in [-0.1, -0.05) is 37.7 Å². The summed E-state index contributed by atoms with van der Waals surface area (Å²) in [6.07, 6.45) is 1.60. The average molecular weight is 357 g/mol. The fourth-order valence-electron chi connectivity index (χ4n) is 2.25. The van der Waals surface area contributed by atoms with Gasteiger partial charge in [0, 0.05) is 5.69 Å². The summed E-state index contributed by atoms with van der Waals surface area (Å²) in [7, 11) is 0. The van der Waals surface area contributed by atoms with Gasteiger partial charge in [-0.25, -0.2) is 4.68 Å². The summed E-state index contributed by atoms with van der Waals surface area (Å²) in [6.45, 7) is 4.67. The lowest BCUT2D eigenvalue weighted by Crippen LogP contribution is -2.15. The number of nitrogens with one attached hydrogen (secondary N) is 1. The fourth-order valence-corrected chi connectivity index (χ4v) is 2.93. The van der Waals surface area contributed by atoms with Gasteiger partial charge >= 0.3 is 0 Å². The van der Waals surface area contributed by atoms with Gasteiger partial charge in [0.25, 0.3) is 0 Å². The molecule has 7 nitrogen and oxygen atoms in total. The Morgan fingerprint density at radius 1 is 1.32 bits per heavy atom. The maximum atomic E-state index is 12.2. The molecule has 2 heterocycles. The molecule has 0 saturated heterocycles. The van der Waals surface area contributed by atoms with E-state index in [2.05, 4.69) is 40.8 Å². The Balaban J connectivity index is 1.56. The lowest BCUT2D eigenvalue weighted by Gasteiger charge is -2.09. The summed E-state index contributed by atoms with van der Waals surface area (Å²) in [5, 5.41) is 15.0. The van der Waals surface area contributed by atoms with Crippen LogP contribution in [0.25, 0.3) is 0 Å². The maximum Gasteiger partial charge on any atom is 0.234 e. The second kappa shape index (κ2) is 7.98. The Kier molecular flexibility index (Phi) is 5.49. The van der Waals surface area contributed by atoms with E-state index in [0.29, 0.717) is 17.6 Å². The van der Waals surface area contributed by atoms with Crippen LogP contribution in [0.1, 0.15) is 31.1 Å². The normalized spacial score (nSPS) is 11.0. The molecule has 1 N–H and O–H groups in total. The number of carbonyl (C=O) groups is 1. The first-order chi connectivity index (χ1) is 12.1. The van der Waals surface area contributed by atoms with E-state index in [9.17, 15) is 4.79 Å². The quantitative estimate of drug-likeness (QED) is 0.654. The monoisotopic (exact) mass is 357 g/mol. The van der Waals surface area contributed by atoms with Crippen molar-refractivity contribution in [2.45, 2.75) is 31.5 Å². The summed E-state index contributed by atoms with van der Waals surface area (Å²) in [6, 6.07) is 11.5. The molecule has 25 heavy (non-hydrogen) atoms. The lowest BCUT2D eigenvalue weighted by atomic mass is 10.0. The number of nitrogens with zero attached hydrogens (tertiary/aromatic N) is 4. The van der Waals surface area contributed by atoms with Crippen LogP contribution in [0, 0.1) is 0 Å². The van der Waals surface area contributed by atoms with Gasteiger partial charge in [0.05, 0.1) is 12.0 Å². The average Bonchev–Trinajstić information content (AvgIpc) is 3.25. The van der Waals surface area contributed by atoms with Gasteiger partial charge in [0.1, 0.15) is 12.3 Å². The molecule has 1 aromatic carbocycles. The van der Waals surface area contributed by atoms with E-state index in [-0.39, 0.29) is 11.7 Å². The number of hydrogen-bond acceptors (Lipinski definition) is 6. The molecule has 1 amide bonds. The minimum atomic E-state index is -0.0987. The summed E-state index contributed by atoms with van der Waals surface area (Å²) in [5.74, 6) is 1.30. The highest BCUT2D eigenvalue weighted by molar-refractivity contribution is 7.99. The second-order valence-corrected chi connectivity index (χ2v) is 6.76. The zero-order valence-corrected chi connectivity index (χ0v) is 14.9. The molecule has 0 fully saturated rings. The standard InChI is InChI=1S/C17H19N5O2S/c1-12(2)13-5-3-6-14(9-13)18-16(23)11-25-17-19-20-21-22(17)10-15-7-4-8-24-15/h3-9,12H,10-11H2,1-2H3,(H,18,23). The number of thioether (sulfide) groups is 1. The highest BCUT2D eigenvalue weighted by Crippen LogP contribution is 2.20. The largest absolute Gasteiger partial charge is 0.467 e. The van der Waals surface area contributed by atoms with E-state index in [0.717, 1.165) is 11.4 Å². The van der Waals surface area contributed by atoms with Crippen molar-refractivity contribution < 1.29 is 9.21 Å². The molecule has 0 spiro atoms. The third-order valence-electron chi connectivity index (χ3n) is 3.55. The minimum absolute atomic E-state index is 0.0987. The molecule has 2 aromatic heterocycles. The number of carbonyl (C=O) groups excluding carboxylic acids is 1. The molecular formula is C17H19N5O2S. The van der Waals surface area contributed by atoms with Gasteiger partial charge in [-0.15, -0.1) is 5.10 Å². The smallest absolute Gasteiger partial charge is 0.234 e. The summed E-state index contributed by atoms with van der Waals surface area (Å²) >= 11 is 1.29. The molecule has 0 radical (unpaired) electrons. The highest BCUT2D eigenvalue weighted by Gasteiger charge is 2.12. The summed E-state index contributed by atoms with van der Waals surface area (Å²) in [5.41, 5.74) is 1.99. The third kappa shape index (κ3) is 4.69. The zero-order valence-electron chi connectivity index (χ0n) is 14.0. The molecule has 0 bridgehead atoms. The van der Waals surface area contributed by atoms with E-state index in [4.69, 9.17) is 4.42 Å². The van der Waals surface area contributed by atoms with Crippen LogP contribution in [-0.4, -0.2) is 31.9 Å². The van der Waals surface area contributed by atoms with E-state index < -0.39 is 0 Å². The van der Waals surface area contributed by atoms with Crippen LogP contribution in [0.2, 0.25) is 0 Å². The van der Waals surface area contributed by atoms with Crippen LogP contribution in [-0.2, 0) is 11.3 Å². The van der Waals surface area contributed by atoms with E-state index in [1.165, 1.54) is 17.3 Å². The fraction of sp³-hybridized carbons (Fsp3) is 0.294. The van der Waals surface area contributed by atoms with Gasteiger partial charge < -0.3 is 9.73 Å². The van der Waals surface area contributed by atoms with Crippen LogP contribution in [0.15, 0.2) is 52.2 Å². The molecular weight excluding hydrogens is 338 g/mol. The van der Waals surface area contributed by atoms with Crippen molar-refractivity contribution in [1.29, 1.82) is 0 Å². The molecule has 0 aliphatic rings. The molecule has 0 saturated carbocycles. The Labute approximate surface area is 149 Å². The van der Waals surface area contributed by atoms with Crippen molar-refractivity contribution in [2.75, 3.05) is 11.1 Å². The Morgan fingerprint density at radius 3 is 2.96 bits per heavy atom. The van der Waals surface area contributed by atoms with Gasteiger partial charge in [-0.3, -0.25) is 4.79 Å². The topological polar surface area (TPSA) is 85.8 Å². The van der Waals surface area contributed by atoms with Gasteiger partial charge in [-0.05, 0) is 46.2 Å². The van der Waals surface area contributed by atoms with Crippen LogP contribution in [0.5, 0.6) is 0 Å². The second-order valence-electron chi connectivity index (χ2n) is 5.82. The maximum absolute atomic E-state index is 12.2. The zero-order chi connectivity index (χ0) is 17.6. The molecule has 0 atom stereocenters. The van der Waals surface area contributed by atoms with E-state index in [1.807, 2.05) is 30.3 Å². The van der Waals surface area contributed by atoms with Crippen molar-refractivity contribution in [1.82, 2.24) is 20.2 Å². The Morgan fingerprint density at radius 2 is 2.20 bits per heavy atom. The minimum Gasteiger partial charge on any atom is -0.467 e. The number of rotatable bonds is 7. The van der Waals surface area contributed by atoms with Crippen molar-refractivity contribution >= 4 is 23.4 Å². The first-order valence-electron chi connectivity index (χ1n) is 7.93. The van der Waals surface area contributed by atoms with Crippen LogP contribution < -0.4 is 5.32 Å². The first kappa shape index (κ1) is 17.2. The van der Waals surface area contributed by atoms with Crippen LogP contribution in [0.3, 0.4) is 0 Å². The van der Waals surface area contributed by atoms with Crippen LogP contribution >= 0.6 is 11.8 Å². The van der Waals surface area contributed by atoms with E-state index >= 15 is 0 Å². The highest BCUT2D eigenvalue weighted by atomic mass is 32.2. The van der Waals surface area contributed by atoms with Gasteiger partial charge in [0.15, 0.2) is 0 Å². The molecule has 0 unspecified atom stereocenters. The number of hydrogen-bond donors (Lipinski definition) is 1. The van der Waals surface area contributed by atoms with Crippen molar-refractivity contribution in [3.8, 4) is 0 Å². The number of benzene rings is 1.